The maximum Gasteiger partial charge on any atom is 0.141 e. The summed E-state index contributed by atoms with van der Waals surface area (Å²) in [6, 6.07) is 4.87. The highest BCUT2D eigenvalue weighted by Crippen LogP contribution is 2.44. The number of methoxy groups -OCH3 is 1. The molecule has 3 aliphatic rings. The summed E-state index contributed by atoms with van der Waals surface area (Å²) in [7, 11) is 1.78. The standard InChI is InChI=1S/C17H23N5O/c1-23-10-4-5-11-15(6-10)21-22-16(11)12-7-14(9-2-3-9)20-17(19)13(12)8-18/h7,9-11,15-16,21-22H,2-6H2,1H3,(H2,19,20). The van der Waals surface area contributed by atoms with Crippen LogP contribution in [-0.2, 0) is 4.74 Å². The van der Waals surface area contributed by atoms with Gasteiger partial charge in [-0.05, 0) is 49.7 Å². The van der Waals surface area contributed by atoms with Gasteiger partial charge in [-0.2, -0.15) is 5.26 Å². The minimum Gasteiger partial charge on any atom is -0.383 e. The average molecular weight is 313 g/mol. The summed E-state index contributed by atoms with van der Waals surface area (Å²) >= 11 is 0. The largest absolute Gasteiger partial charge is 0.383 e. The van der Waals surface area contributed by atoms with Gasteiger partial charge >= 0.3 is 0 Å². The van der Waals surface area contributed by atoms with Gasteiger partial charge in [-0.3, -0.25) is 5.43 Å². The van der Waals surface area contributed by atoms with E-state index in [0.717, 1.165) is 30.5 Å². The van der Waals surface area contributed by atoms with Crippen molar-refractivity contribution in [3.05, 3.63) is 22.9 Å². The predicted octanol–water partition coefficient (Wildman–Crippen LogP) is 1.75. The van der Waals surface area contributed by atoms with Crippen LogP contribution < -0.4 is 16.6 Å². The molecule has 0 amide bonds. The topological polar surface area (TPSA) is 96.0 Å². The Labute approximate surface area is 136 Å². The smallest absolute Gasteiger partial charge is 0.141 e. The van der Waals surface area contributed by atoms with Crippen molar-refractivity contribution in [3.63, 3.8) is 0 Å². The highest BCUT2D eigenvalue weighted by molar-refractivity contribution is 5.56. The van der Waals surface area contributed by atoms with Crippen LogP contribution >= 0.6 is 0 Å². The average Bonchev–Trinajstić information content (AvgIpc) is 3.33. The van der Waals surface area contributed by atoms with E-state index in [4.69, 9.17) is 10.5 Å². The molecule has 0 spiro atoms. The van der Waals surface area contributed by atoms with Crippen molar-refractivity contribution in [1.82, 2.24) is 15.8 Å². The summed E-state index contributed by atoms with van der Waals surface area (Å²) in [4.78, 5) is 4.45. The summed E-state index contributed by atoms with van der Waals surface area (Å²) in [6.07, 6.45) is 5.83. The van der Waals surface area contributed by atoms with E-state index < -0.39 is 0 Å². The van der Waals surface area contributed by atoms with Gasteiger partial charge in [0, 0.05) is 24.8 Å². The van der Waals surface area contributed by atoms with Crippen LogP contribution in [0.2, 0.25) is 0 Å². The lowest BCUT2D eigenvalue weighted by molar-refractivity contribution is 0.0478. The van der Waals surface area contributed by atoms with Crippen LogP contribution in [0.3, 0.4) is 0 Å². The first-order valence-electron chi connectivity index (χ1n) is 8.45. The van der Waals surface area contributed by atoms with Crippen LogP contribution in [0, 0.1) is 17.2 Å². The number of nitriles is 1. The van der Waals surface area contributed by atoms with Crippen molar-refractivity contribution in [2.75, 3.05) is 12.8 Å². The molecule has 23 heavy (non-hydrogen) atoms. The fourth-order valence-electron chi connectivity index (χ4n) is 4.11. The molecule has 2 saturated carbocycles. The first kappa shape index (κ1) is 14.9. The van der Waals surface area contributed by atoms with Gasteiger partial charge in [-0.15, -0.1) is 0 Å². The van der Waals surface area contributed by atoms with Crippen molar-refractivity contribution >= 4 is 5.82 Å². The number of hydrogen-bond donors (Lipinski definition) is 3. The summed E-state index contributed by atoms with van der Waals surface area (Å²) in [5.41, 5.74) is 15.5. The molecule has 2 heterocycles. The minimum absolute atomic E-state index is 0.121. The SMILES string of the molecule is COC1CCC2C(C1)NNC2c1cc(C2CC2)nc(N)c1C#N. The zero-order valence-corrected chi connectivity index (χ0v) is 13.4. The molecule has 4 N–H and O–H groups in total. The van der Waals surface area contributed by atoms with Crippen LogP contribution in [0.15, 0.2) is 6.07 Å². The van der Waals surface area contributed by atoms with Gasteiger partial charge < -0.3 is 10.5 Å². The second-order valence-electron chi connectivity index (χ2n) is 6.99. The molecule has 1 saturated heterocycles. The van der Waals surface area contributed by atoms with E-state index >= 15 is 0 Å². The zero-order valence-electron chi connectivity index (χ0n) is 13.4. The Kier molecular flexibility index (Phi) is 3.72. The number of nitrogens with zero attached hydrogens (tertiary/aromatic N) is 2. The Hall–Kier alpha value is -1.68. The summed E-state index contributed by atoms with van der Waals surface area (Å²) in [5, 5.41) is 9.54. The molecule has 1 aliphatic heterocycles. The number of nitrogens with two attached hydrogens (primary N) is 1. The molecule has 1 aromatic heterocycles. The first-order chi connectivity index (χ1) is 11.2. The zero-order chi connectivity index (χ0) is 16.0. The molecule has 0 aromatic carbocycles. The maximum absolute atomic E-state index is 9.54. The molecule has 6 nitrogen and oxygen atoms in total. The highest BCUT2D eigenvalue weighted by atomic mass is 16.5. The number of nitrogen functional groups attached to an aromatic ring is 1. The van der Waals surface area contributed by atoms with Crippen LogP contribution in [-0.4, -0.2) is 24.2 Å². The third-order valence-electron chi connectivity index (χ3n) is 5.58. The number of anilines is 1. The number of ether oxygens (including phenoxy) is 1. The number of hydrogen-bond acceptors (Lipinski definition) is 6. The van der Waals surface area contributed by atoms with E-state index in [0.29, 0.717) is 35.4 Å². The van der Waals surface area contributed by atoms with Crippen LogP contribution in [0.4, 0.5) is 5.82 Å². The molecule has 3 fully saturated rings. The van der Waals surface area contributed by atoms with Gasteiger partial charge in [-0.25, -0.2) is 10.4 Å². The summed E-state index contributed by atoms with van der Waals surface area (Å²) < 4.78 is 5.51. The quantitative estimate of drug-likeness (QED) is 0.787. The summed E-state index contributed by atoms with van der Waals surface area (Å²) in [6.45, 7) is 0. The molecule has 0 bridgehead atoms. The number of fused-ring (bicyclic) bond motifs is 1. The van der Waals surface area contributed by atoms with Gasteiger partial charge in [0.25, 0.3) is 0 Å². The monoisotopic (exact) mass is 313 g/mol. The fraction of sp³-hybridized carbons (Fsp3) is 0.647. The van der Waals surface area contributed by atoms with Crippen molar-refractivity contribution in [1.29, 1.82) is 5.26 Å². The highest BCUT2D eigenvalue weighted by Gasteiger charge is 2.42. The van der Waals surface area contributed by atoms with Gasteiger partial charge in [-0.1, -0.05) is 0 Å². The second-order valence-corrected chi connectivity index (χ2v) is 6.99. The van der Waals surface area contributed by atoms with E-state index in [1.54, 1.807) is 7.11 Å². The van der Waals surface area contributed by atoms with Crippen LogP contribution in [0.25, 0.3) is 0 Å². The Morgan fingerprint density at radius 3 is 2.83 bits per heavy atom. The molecule has 122 valence electrons. The first-order valence-corrected chi connectivity index (χ1v) is 8.45. The number of pyridine rings is 1. The second kappa shape index (κ2) is 5.75. The van der Waals surface area contributed by atoms with Crippen molar-refractivity contribution in [3.8, 4) is 6.07 Å². The van der Waals surface area contributed by atoms with Gasteiger partial charge in [0.15, 0.2) is 0 Å². The van der Waals surface area contributed by atoms with Crippen molar-refractivity contribution in [2.45, 2.75) is 56.2 Å². The Morgan fingerprint density at radius 1 is 1.30 bits per heavy atom. The lowest BCUT2D eigenvalue weighted by Gasteiger charge is -2.32. The van der Waals surface area contributed by atoms with E-state index in [9.17, 15) is 5.26 Å². The number of aromatic nitrogens is 1. The summed E-state index contributed by atoms with van der Waals surface area (Å²) in [5.74, 6) is 1.36. The fourth-order valence-corrected chi connectivity index (χ4v) is 4.11. The van der Waals surface area contributed by atoms with Crippen molar-refractivity contribution in [2.24, 2.45) is 5.92 Å². The van der Waals surface area contributed by atoms with Crippen LogP contribution in [0.1, 0.15) is 60.9 Å². The lowest BCUT2D eigenvalue weighted by Crippen LogP contribution is -2.38. The number of hydrazine groups is 1. The third-order valence-corrected chi connectivity index (χ3v) is 5.58. The van der Waals surface area contributed by atoms with Gasteiger partial charge in [0.2, 0.25) is 0 Å². The van der Waals surface area contributed by atoms with E-state index in [-0.39, 0.29) is 6.04 Å². The van der Waals surface area contributed by atoms with Gasteiger partial charge in [0.1, 0.15) is 11.9 Å². The minimum atomic E-state index is 0.121. The lowest BCUT2D eigenvalue weighted by atomic mass is 9.77. The molecule has 4 unspecified atom stereocenters. The van der Waals surface area contributed by atoms with Gasteiger partial charge in [0.05, 0.1) is 17.7 Å². The van der Waals surface area contributed by atoms with Crippen molar-refractivity contribution < 1.29 is 4.74 Å². The normalized spacial score (nSPS) is 33.2. The number of nitrogens with one attached hydrogen (secondary N) is 2. The molecule has 1 aromatic rings. The van der Waals surface area contributed by atoms with E-state index in [2.05, 4.69) is 28.0 Å². The molecular weight excluding hydrogens is 290 g/mol. The van der Waals surface area contributed by atoms with Crippen LogP contribution in [0.5, 0.6) is 0 Å². The molecule has 4 atom stereocenters. The Morgan fingerprint density at radius 2 is 2.13 bits per heavy atom. The third kappa shape index (κ3) is 2.59. The maximum atomic E-state index is 9.54. The molecule has 4 rings (SSSR count). The van der Waals surface area contributed by atoms with E-state index in [1.807, 2.05) is 0 Å². The molecule has 2 aliphatic carbocycles. The van der Waals surface area contributed by atoms with E-state index in [1.165, 1.54) is 12.8 Å². The number of rotatable bonds is 3. The Balaban J connectivity index is 1.66. The molecular formula is C17H23N5O. The predicted molar refractivity (Wildman–Crippen MR) is 86.3 cm³/mol. The molecule has 0 radical (unpaired) electrons. The Bertz CT molecular complexity index is 651. The molecule has 6 heteroatoms.